The zero-order valence-electron chi connectivity index (χ0n) is 16.1. The summed E-state index contributed by atoms with van der Waals surface area (Å²) < 4.78 is 10.3. The maximum absolute atomic E-state index is 12.9. The molecule has 0 fully saturated rings. The number of carbonyl (C=O) groups excluding carboxylic acids is 2. The minimum Gasteiger partial charge on any atom is -0.507 e. The first kappa shape index (κ1) is 21.7. The van der Waals surface area contributed by atoms with Gasteiger partial charge in [0.05, 0.1) is 24.3 Å². The van der Waals surface area contributed by atoms with Crippen LogP contribution in [0.5, 0.6) is 11.5 Å². The molecule has 29 heavy (non-hydrogen) atoms. The molecule has 2 aromatic carbocycles. The van der Waals surface area contributed by atoms with Gasteiger partial charge in [0.1, 0.15) is 17.9 Å². The van der Waals surface area contributed by atoms with Crippen molar-refractivity contribution in [3.63, 3.8) is 0 Å². The standard InChI is InChI=1S/C20H22N2O7/c1-3-28-16-11-10-15(23)19(20(25)21-13-8-6-5-7-9-13)18(16)14(22(26)27)12-17(24)29-4-2/h5-11,14,23H,3-4,12H2,1-2H3,(H,21,25). The maximum atomic E-state index is 12.9. The summed E-state index contributed by atoms with van der Waals surface area (Å²) in [5.74, 6) is -1.99. The van der Waals surface area contributed by atoms with Crippen molar-refractivity contribution in [3.05, 3.63) is 63.7 Å². The third-order valence-corrected chi connectivity index (χ3v) is 4.00. The average Bonchev–Trinajstić information content (AvgIpc) is 2.68. The monoisotopic (exact) mass is 402 g/mol. The van der Waals surface area contributed by atoms with Crippen molar-refractivity contribution >= 4 is 17.6 Å². The number of carbonyl (C=O) groups is 2. The van der Waals surface area contributed by atoms with Crippen molar-refractivity contribution in [1.82, 2.24) is 0 Å². The van der Waals surface area contributed by atoms with Gasteiger partial charge in [-0.1, -0.05) is 18.2 Å². The molecule has 154 valence electrons. The Morgan fingerprint density at radius 1 is 1.14 bits per heavy atom. The Balaban J connectivity index is 2.56. The molecular weight excluding hydrogens is 380 g/mol. The first-order valence-electron chi connectivity index (χ1n) is 9.03. The summed E-state index contributed by atoms with van der Waals surface area (Å²) in [7, 11) is 0. The number of hydrogen-bond donors (Lipinski definition) is 2. The number of amides is 1. The lowest BCUT2D eigenvalue weighted by atomic mass is 9.95. The Morgan fingerprint density at radius 3 is 2.41 bits per heavy atom. The Morgan fingerprint density at radius 2 is 1.83 bits per heavy atom. The Bertz CT molecular complexity index is 884. The van der Waals surface area contributed by atoms with Crippen LogP contribution in [0.3, 0.4) is 0 Å². The lowest BCUT2D eigenvalue weighted by Gasteiger charge is -2.18. The van der Waals surface area contributed by atoms with Gasteiger partial charge in [-0.2, -0.15) is 0 Å². The first-order chi connectivity index (χ1) is 13.9. The summed E-state index contributed by atoms with van der Waals surface area (Å²) in [6, 6.07) is 9.33. The van der Waals surface area contributed by atoms with E-state index < -0.39 is 35.0 Å². The number of phenolic OH excluding ortho intramolecular Hbond substituents is 1. The summed E-state index contributed by atoms with van der Waals surface area (Å²) in [5, 5.41) is 24.7. The molecule has 0 radical (unpaired) electrons. The molecule has 2 N–H and O–H groups in total. The van der Waals surface area contributed by atoms with E-state index in [0.717, 1.165) is 0 Å². The van der Waals surface area contributed by atoms with Crippen LogP contribution in [0.25, 0.3) is 0 Å². The number of para-hydroxylation sites is 1. The molecule has 2 rings (SSSR count). The van der Waals surface area contributed by atoms with Crippen molar-refractivity contribution in [1.29, 1.82) is 0 Å². The minimum atomic E-state index is -1.64. The Kier molecular flexibility index (Phi) is 7.53. The Labute approximate surface area is 167 Å². The van der Waals surface area contributed by atoms with Crippen LogP contribution in [0.2, 0.25) is 0 Å². The van der Waals surface area contributed by atoms with E-state index in [1.807, 2.05) is 0 Å². The van der Waals surface area contributed by atoms with Gasteiger partial charge in [0.2, 0.25) is 0 Å². The van der Waals surface area contributed by atoms with Crippen molar-refractivity contribution < 1.29 is 29.1 Å². The lowest BCUT2D eigenvalue weighted by Crippen LogP contribution is -2.23. The quantitative estimate of drug-likeness (QED) is 0.374. The van der Waals surface area contributed by atoms with E-state index in [9.17, 15) is 24.8 Å². The molecule has 9 heteroatoms. The number of phenols is 1. The molecule has 0 spiro atoms. The number of esters is 1. The molecular formula is C20H22N2O7. The molecule has 2 aromatic rings. The molecule has 1 unspecified atom stereocenters. The molecule has 1 atom stereocenters. The minimum absolute atomic E-state index is 0.0366. The van der Waals surface area contributed by atoms with Crippen LogP contribution in [-0.4, -0.2) is 35.1 Å². The summed E-state index contributed by atoms with van der Waals surface area (Å²) in [6.45, 7) is 3.48. The van der Waals surface area contributed by atoms with Gasteiger partial charge >= 0.3 is 5.97 Å². The van der Waals surface area contributed by atoms with E-state index in [2.05, 4.69) is 5.32 Å². The van der Waals surface area contributed by atoms with E-state index in [-0.39, 0.29) is 30.1 Å². The van der Waals surface area contributed by atoms with Crippen LogP contribution in [0.1, 0.15) is 42.2 Å². The third-order valence-electron chi connectivity index (χ3n) is 4.00. The molecule has 0 heterocycles. The van der Waals surface area contributed by atoms with Crippen LogP contribution in [0, 0.1) is 10.1 Å². The fraction of sp³-hybridized carbons (Fsp3) is 0.300. The zero-order chi connectivity index (χ0) is 21.4. The molecule has 0 saturated carbocycles. The number of ether oxygens (including phenoxy) is 2. The van der Waals surface area contributed by atoms with Gasteiger partial charge in [-0.3, -0.25) is 19.7 Å². The van der Waals surface area contributed by atoms with E-state index in [1.165, 1.54) is 12.1 Å². The number of nitro groups is 1. The van der Waals surface area contributed by atoms with E-state index in [0.29, 0.717) is 5.69 Å². The van der Waals surface area contributed by atoms with Gasteiger partial charge in [-0.05, 0) is 38.1 Å². The van der Waals surface area contributed by atoms with Gasteiger partial charge in [0.25, 0.3) is 11.9 Å². The molecule has 0 aromatic heterocycles. The smallest absolute Gasteiger partial charge is 0.313 e. The number of hydrogen-bond acceptors (Lipinski definition) is 7. The van der Waals surface area contributed by atoms with E-state index >= 15 is 0 Å². The van der Waals surface area contributed by atoms with Crippen molar-refractivity contribution in [2.45, 2.75) is 26.3 Å². The number of nitrogens with zero attached hydrogens (tertiary/aromatic N) is 1. The normalized spacial score (nSPS) is 11.4. The molecule has 0 aliphatic carbocycles. The highest BCUT2D eigenvalue weighted by atomic mass is 16.6. The highest BCUT2D eigenvalue weighted by Crippen LogP contribution is 2.38. The number of nitrogens with one attached hydrogen (secondary N) is 1. The molecule has 0 bridgehead atoms. The fourth-order valence-electron chi connectivity index (χ4n) is 2.81. The second-order valence-electron chi connectivity index (χ2n) is 5.93. The second kappa shape index (κ2) is 10.1. The second-order valence-corrected chi connectivity index (χ2v) is 5.93. The van der Waals surface area contributed by atoms with Gasteiger partial charge in [-0.25, -0.2) is 0 Å². The average molecular weight is 402 g/mol. The highest BCUT2D eigenvalue weighted by Gasteiger charge is 2.36. The molecule has 9 nitrogen and oxygen atoms in total. The maximum Gasteiger partial charge on any atom is 0.313 e. The van der Waals surface area contributed by atoms with Crippen molar-refractivity contribution in [3.8, 4) is 11.5 Å². The molecule has 0 aliphatic rings. The van der Waals surface area contributed by atoms with Crippen LogP contribution in [0.4, 0.5) is 5.69 Å². The third kappa shape index (κ3) is 5.44. The van der Waals surface area contributed by atoms with Gasteiger partial charge in [-0.15, -0.1) is 0 Å². The summed E-state index contributed by atoms with van der Waals surface area (Å²) >= 11 is 0. The predicted octanol–water partition coefficient (Wildman–Crippen LogP) is 3.31. The lowest BCUT2D eigenvalue weighted by molar-refractivity contribution is -0.528. The fourth-order valence-corrected chi connectivity index (χ4v) is 2.81. The number of rotatable bonds is 9. The number of aromatic hydroxyl groups is 1. The Hall–Kier alpha value is -3.62. The predicted molar refractivity (Wildman–Crippen MR) is 105 cm³/mol. The van der Waals surface area contributed by atoms with Crippen molar-refractivity contribution in [2.75, 3.05) is 18.5 Å². The molecule has 0 aliphatic heterocycles. The molecule has 1 amide bonds. The zero-order valence-corrected chi connectivity index (χ0v) is 16.1. The summed E-state index contributed by atoms with van der Waals surface area (Å²) in [4.78, 5) is 35.9. The largest absolute Gasteiger partial charge is 0.507 e. The summed E-state index contributed by atoms with van der Waals surface area (Å²) in [5.41, 5.74) is -0.0724. The van der Waals surface area contributed by atoms with E-state index in [1.54, 1.807) is 44.2 Å². The SMILES string of the molecule is CCOC(=O)CC(c1c(OCC)ccc(O)c1C(=O)Nc1ccccc1)[N+](=O)[O-]. The van der Waals surface area contributed by atoms with Crippen molar-refractivity contribution in [2.24, 2.45) is 0 Å². The van der Waals surface area contributed by atoms with Crippen LogP contribution in [-0.2, 0) is 9.53 Å². The summed E-state index contributed by atoms with van der Waals surface area (Å²) in [6.07, 6.45) is -0.615. The van der Waals surface area contributed by atoms with Gasteiger partial charge < -0.3 is 19.9 Å². The highest BCUT2D eigenvalue weighted by molar-refractivity contribution is 6.07. The number of benzene rings is 2. The van der Waals surface area contributed by atoms with Gasteiger partial charge in [0.15, 0.2) is 0 Å². The van der Waals surface area contributed by atoms with Crippen LogP contribution < -0.4 is 10.1 Å². The molecule has 0 saturated heterocycles. The first-order valence-corrected chi connectivity index (χ1v) is 9.03. The van der Waals surface area contributed by atoms with Crippen LogP contribution >= 0.6 is 0 Å². The number of anilines is 1. The van der Waals surface area contributed by atoms with Gasteiger partial charge in [0, 0.05) is 10.6 Å². The van der Waals surface area contributed by atoms with E-state index in [4.69, 9.17) is 9.47 Å². The van der Waals surface area contributed by atoms with Crippen LogP contribution in [0.15, 0.2) is 42.5 Å². The topological polar surface area (TPSA) is 128 Å².